The Kier molecular flexibility index (Phi) is 6.03. The fraction of sp³-hybridized carbons (Fsp3) is 0.594. The van der Waals surface area contributed by atoms with E-state index >= 15 is 0 Å². The molecule has 4 bridgehead atoms. The zero-order valence-electron chi connectivity index (χ0n) is 21.8. The van der Waals surface area contributed by atoms with Crippen LogP contribution in [0.3, 0.4) is 0 Å². The molecular formula is C32H41NO2. The molecule has 3 nitrogen and oxygen atoms in total. The topological polar surface area (TPSA) is 31.4 Å². The molecule has 0 saturated heterocycles. The maximum Gasteiger partial charge on any atom is 0.123 e. The van der Waals surface area contributed by atoms with Gasteiger partial charge in [0.15, 0.2) is 0 Å². The standard InChI is InChI=1S/C32H41NO2/c1-20-12-25(26-8-10-30(33-19-26)21(2)24-6-5-7-29(18-24)34-4)9-11-31(20)35-32(3)27-14-22-13-23(16-27)17-28(32)15-22/h8-12,19,22-24,27-29H,2,5-7,13-18H2,1,3-4H3. The van der Waals surface area contributed by atoms with E-state index in [0.717, 1.165) is 59.1 Å². The Morgan fingerprint density at radius 3 is 2.29 bits per heavy atom. The first kappa shape index (κ1) is 23.3. The van der Waals surface area contributed by atoms with Crippen LogP contribution in [0.5, 0.6) is 5.75 Å². The van der Waals surface area contributed by atoms with Crippen molar-refractivity contribution < 1.29 is 9.47 Å². The van der Waals surface area contributed by atoms with Crippen molar-refractivity contribution in [2.45, 2.75) is 83.3 Å². The monoisotopic (exact) mass is 471 g/mol. The minimum atomic E-state index is 0.00417. The van der Waals surface area contributed by atoms with Crippen molar-refractivity contribution in [3.05, 3.63) is 54.4 Å². The van der Waals surface area contributed by atoms with E-state index in [1.165, 1.54) is 56.1 Å². The molecule has 2 aromatic rings. The fourth-order valence-corrected chi connectivity index (χ4v) is 8.11. The molecule has 2 atom stereocenters. The number of aromatic nitrogens is 1. The third-order valence-electron chi connectivity index (χ3n) is 10.1. The molecule has 1 heterocycles. The van der Waals surface area contributed by atoms with Crippen LogP contribution < -0.4 is 4.74 Å². The zero-order valence-corrected chi connectivity index (χ0v) is 21.8. The second kappa shape index (κ2) is 9.07. The quantitative estimate of drug-likeness (QED) is 0.429. The van der Waals surface area contributed by atoms with Crippen molar-refractivity contribution in [1.29, 1.82) is 0 Å². The second-order valence-electron chi connectivity index (χ2n) is 12.2. The van der Waals surface area contributed by atoms with Crippen molar-refractivity contribution in [2.24, 2.45) is 29.6 Å². The average Bonchev–Trinajstić information content (AvgIpc) is 2.88. The van der Waals surface area contributed by atoms with Gasteiger partial charge in [-0.3, -0.25) is 4.98 Å². The molecule has 186 valence electrons. The number of allylic oxidation sites excluding steroid dienone is 1. The number of hydrogen-bond donors (Lipinski definition) is 0. The molecule has 2 unspecified atom stereocenters. The van der Waals surface area contributed by atoms with E-state index in [1.54, 1.807) is 0 Å². The summed E-state index contributed by atoms with van der Waals surface area (Å²) in [5, 5.41) is 0. The molecule has 5 fully saturated rings. The molecule has 0 N–H and O–H groups in total. The number of ether oxygens (including phenoxy) is 2. The van der Waals surface area contributed by atoms with Gasteiger partial charge in [-0.15, -0.1) is 0 Å². The van der Waals surface area contributed by atoms with Gasteiger partial charge < -0.3 is 9.47 Å². The van der Waals surface area contributed by atoms with Gasteiger partial charge in [-0.1, -0.05) is 25.1 Å². The van der Waals surface area contributed by atoms with E-state index in [-0.39, 0.29) is 5.60 Å². The van der Waals surface area contributed by atoms with Gasteiger partial charge in [0.25, 0.3) is 0 Å². The Balaban J connectivity index is 1.16. The normalized spacial score (nSPS) is 35.7. The molecule has 1 aromatic carbocycles. The predicted molar refractivity (Wildman–Crippen MR) is 142 cm³/mol. The van der Waals surface area contributed by atoms with Crippen LogP contribution in [0.25, 0.3) is 16.7 Å². The molecular weight excluding hydrogens is 430 g/mol. The Hall–Kier alpha value is -2.13. The van der Waals surface area contributed by atoms with Crippen LogP contribution in [0.1, 0.15) is 76.0 Å². The van der Waals surface area contributed by atoms with Gasteiger partial charge in [-0.25, -0.2) is 0 Å². The highest BCUT2D eigenvalue weighted by atomic mass is 16.5. The number of benzene rings is 1. The van der Waals surface area contributed by atoms with Gasteiger partial charge in [-0.2, -0.15) is 0 Å². The van der Waals surface area contributed by atoms with Gasteiger partial charge in [0.05, 0.1) is 11.8 Å². The summed E-state index contributed by atoms with van der Waals surface area (Å²) in [6, 6.07) is 11.0. The second-order valence-corrected chi connectivity index (χ2v) is 12.2. The first-order valence-corrected chi connectivity index (χ1v) is 13.9. The molecule has 5 aliphatic rings. The molecule has 5 aliphatic carbocycles. The first-order chi connectivity index (χ1) is 16.9. The maximum atomic E-state index is 6.90. The van der Waals surface area contributed by atoms with Crippen molar-refractivity contribution in [3.63, 3.8) is 0 Å². The van der Waals surface area contributed by atoms with Crippen LogP contribution >= 0.6 is 0 Å². The highest BCUT2D eigenvalue weighted by Gasteiger charge is 2.56. The summed E-state index contributed by atoms with van der Waals surface area (Å²) >= 11 is 0. The molecule has 3 heteroatoms. The SMILES string of the molecule is C=C(c1ccc(-c2ccc(OC3(C)C4CC5CC(C4)CC3C5)c(C)c2)cn1)C1CCCC(OC)C1. The lowest BCUT2D eigenvalue weighted by Crippen LogP contribution is -2.59. The summed E-state index contributed by atoms with van der Waals surface area (Å²) in [7, 11) is 1.82. The fourth-order valence-electron chi connectivity index (χ4n) is 8.11. The molecule has 35 heavy (non-hydrogen) atoms. The lowest BCUT2D eigenvalue weighted by molar-refractivity contribution is -0.145. The van der Waals surface area contributed by atoms with Crippen LogP contribution in [0.4, 0.5) is 0 Å². The summed E-state index contributed by atoms with van der Waals surface area (Å²) in [5.74, 6) is 4.91. The van der Waals surface area contributed by atoms with Gasteiger partial charge in [0, 0.05) is 18.9 Å². The van der Waals surface area contributed by atoms with E-state index in [0.29, 0.717) is 12.0 Å². The predicted octanol–water partition coefficient (Wildman–Crippen LogP) is 7.87. The lowest BCUT2D eigenvalue weighted by atomic mass is 9.50. The molecule has 7 rings (SSSR count). The van der Waals surface area contributed by atoms with Crippen molar-refractivity contribution >= 4 is 5.57 Å². The summed E-state index contributed by atoms with van der Waals surface area (Å²) in [4.78, 5) is 4.82. The minimum Gasteiger partial charge on any atom is -0.487 e. The number of aryl methyl sites for hydroxylation is 1. The third kappa shape index (κ3) is 4.24. The van der Waals surface area contributed by atoms with Crippen molar-refractivity contribution in [2.75, 3.05) is 7.11 Å². The minimum absolute atomic E-state index is 0.00417. The molecule has 0 radical (unpaired) electrons. The average molecular weight is 472 g/mol. The van der Waals surface area contributed by atoms with Crippen LogP contribution in [-0.2, 0) is 4.74 Å². The molecule has 0 amide bonds. The zero-order chi connectivity index (χ0) is 24.2. The lowest BCUT2D eigenvalue weighted by Gasteiger charge is -2.59. The number of hydrogen-bond acceptors (Lipinski definition) is 3. The Morgan fingerprint density at radius 2 is 1.66 bits per heavy atom. The molecule has 1 aromatic heterocycles. The van der Waals surface area contributed by atoms with Crippen LogP contribution in [0.2, 0.25) is 0 Å². The van der Waals surface area contributed by atoms with Gasteiger partial charge in [-0.05, 0) is 130 Å². The summed E-state index contributed by atoms with van der Waals surface area (Å²) in [5.41, 5.74) is 5.75. The summed E-state index contributed by atoms with van der Waals surface area (Å²) in [6.07, 6.45) is 13.9. The van der Waals surface area contributed by atoms with Crippen LogP contribution in [0.15, 0.2) is 43.1 Å². The third-order valence-corrected chi connectivity index (χ3v) is 10.1. The van der Waals surface area contributed by atoms with Crippen LogP contribution in [-0.4, -0.2) is 23.8 Å². The van der Waals surface area contributed by atoms with E-state index in [2.05, 4.69) is 50.8 Å². The summed E-state index contributed by atoms with van der Waals surface area (Å²) < 4.78 is 12.5. The number of pyridine rings is 1. The molecule has 0 spiro atoms. The maximum absolute atomic E-state index is 6.90. The first-order valence-electron chi connectivity index (χ1n) is 13.9. The van der Waals surface area contributed by atoms with Gasteiger partial charge in [0.1, 0.15) is 11.4 Å². The Labute approximate surface area is 211 Å². The Bertz CT molecular complexity index is 1060. The smallest absolute Gasteiger partial charge is 0.123 e. The van der Waals surface area contributed by atoms with E-state index in [1.807, 2.05) is 13.3 Å². The molecule has 5 saturated carbocycles. The highest BCUT2D eigenvalue weighted by molar-refractivity contribution is 5.68. The van der Waals surface area contributed by atoms with Gasteiger partial charge in [0.2, 0.25) is 0 Å². The Morgan fingerprint density at radius 1 is 0.943 bits per heavy atom. The number of nitrogens with zero attached hydrogens (tertiary/aromatic N) is 1. The van der Waals surface area contributed by atoms with E-state index in [4.69, 9.17) is 14.5 Å². The van der Waals surface area contributed by atoms with E-state index in [9.17, 15) is 0 Å². The van der Waals surface area contributed by atoms with Gasteiger partial charge >= 0.3 is 0 Å². The van der Waals surface area contributed by atoms with E-state index < -0.39 is 0 Å². The number of methoxy groups -OCH3 is 1. The summed E-state index contributed by atoms with van der Waals surface area (Å²) in [6.45, 7) is 9.00. The number of rotatable bonds is 6. The largest absolute Gasteiger partial charge is 0.487 e. The molecule has 0 aliphatic heterocycles. The van der Waals surface area contributed by atoms with Crippen molar-refractivity contribution in [1.82, 2.24) is 4.98 Å². The highest BCUT2D eigenvalue weighted by Crippen LogP contribution is 2.59. The van der Waals surface area contributed by atoms with Crippen molar-refractivity contribution in [3.8, 4) is 16.9 Å². The van der Waals surface area contributed by atoms with Crippen LogP contribution in [0, 0.1) is 36.5 Å².